The van der Waals surface area contributed by atoms with Gasteiger partial charge in [0.15, 0.2) is 5.82 Å². The molecule has 3 heterocycles. The van der Waals surface area contributed by atoms with E-state index in [1.54, 1.807) is 19.1 Å². The summed E-state index contributed by atoms with van der Waals surface area (Å²) in [5, 5.41) is 3.84. The number of carbonyl (C=O) groups excluding carboxylic acids is 2. The quantitative estimate of drug-likeness (QED) is 0.318. The molecule has 240 valence electrons. The molecule has 1 aromatic heterocycles. The molecule has 2 atom stereocenters. The number of aromatic nitrogens is 2. The molecule has 12 heteroatoms. The van der Waals surface area contributed by atoms with E-state index in [-0.39, 0.29) is 35.8 Å². The summed E-state index contributed by atoms with van der Waals surface area (Å²) in [6.45, 7) is 8.62. The molecule has 1 aliphatic carbocycles. The summed E-state index contributed by atoms with van der Waals surface area (Å²) in [5.41, 5.74) is 4.08. The Labute approximate surface area is 259 Å². The van der Waals surface area contributed by atoms with Gasteiger partial charge in [-0.05, 0) is 80.0 Å². The van der Waals surface area contributed by atoms with Gasteiger partial charge in [-0.1, -0.05) is 29.4 Å². The number of hydrogen-bond donors (Lipinski definition) is 0. The van der Waals surface area contributed by atoms with E-state index in [9.17, 15) is 22.8 Å². The highest BCUT2D eigenvalue weighted by Crippen LogP contribution is 2.48. The summed E-state index contributed by atoms with van der Waals surface area (Å²) >= 11 is 0. The van der Waals surface area contributed by atoms with E-state index >= 15 is 0 Å². The molecule has 3 aliphatic rings. The van der Waals surface area contributed by atoms with Crippen LogP contribution in [-0.2, 0) is 33.7 Å². The zero-order chi connectivity index (χ0) is 31.9. The number of ether oxygens (including phenoxy) is 2. The molecule has 1 unspecified atom stereocenters. The third-order valence-electron chi connectivity index (χ3n) is 8.98. The van der Waals surface area contributed by atoms with Gasteiger partial charge in [-0.2, -0.15) is 4.98 Å². The van der Waals surface area contributed by atoms with Crippen LogP contribution in [0.15, 0.2) is 40.9 Å². The summed E-state index contributed by atoms with van der Waals surface area (Å²) in [4.78, 5) is 34.9. The normalized spacial score (nSPS) is 21.3. The molecule has 1 saturated heterocycles. The number of benzene rings is 2. The van der Waals surface area contributed by atoms with Gasteiger partial charge in [0.2, 0.25) is 11.8 Å². The van der Waals surface area contributed by atoms with Crippen molar-refractivity contribution in [2.45, 2.75) is 70.8 Å². The Morgan fingerprint density at radius 3 is 2.69 bits per heavy atom. The van der Waals surface area contributed by atoms with Crippen molar-refractivity contribution in [3.63, 3.8) is 0 Å². The third kappa shape index (κ3) is 7.06. The first-order chi connectivity index (χ1) is 21.4. The molecule has 2 aliphatic heterocycles. The van der Waals surface area contributed by atoms with Crippen molar-refractivity contribution in [3.8, 4) is 16.9 Å². The SMILES string of the molecule is Cc1noc([C@@H]2CC2C(=O)CCc2ccc(-c3cccc(OC(F)(F)F)c3)c3c2CN(CC(=O)N2CCOCC2(C)C)CC3)n1. The molecule has 3 aromatic rings. The minimum Gasteiger partial charge on any atom is -0.406 e. The lowest BCUT2D eigenvalue weighted by Crippen LogP contribution is -2.57. The van der Waals surface area contributed by atoms with E-state index in [0.717, 1.165) is 22.3 Å². The van der Waals surface area contributed by atoms with Gasteiger partial charge in [0, 0.05) is 37.9 Å². The second kappa shape index (κ2) is 12.2. The first kappa shape index (κ1) is 31.2. The molecule has 0 N–H and O–H groups in total. The first-order valence-electron chi connectivity index (χ1n) is 15.3. The van der Waals surface area contributed by atoms with Crippen molar-refractivity contribution in [2.24, 2.45) is 5.92 Å². The van der Waals surface area contributed by atoms with Crippen LogP contribution in [0.5, 0.6) is 5.75 Å². The zero-order valence-electron chi connectivity index (χ0n) is 25.7. The van der Waals surface area contributed by atoms with Crippen molar-refractivity contribution in [3.05, 3.63) is 64.8 Å². The minimum atomic E-state index is -4.79. The van der Waals surface area contributed by atoms with E-state index in [0.29, 0.717) is 75.8 Å². The molecule has 1 saturated carbocycles. The van der Waals surface area contributed by atoms with Gasteiger partial charge in [0.05, 0.1) is 25.3 Å². The topological polar surface area (TPSA) is 98.0 Å². The van der Waals surface area contributed by atoms with E-state index in [1.807, 2.05) is 30.9 Å². The van der Waals surface area contributed by atoms with Crippen LogP contribution in [0.2, 0.25) is 0 Å². The molecule has 0 radical (unpaired) electrons. The van der Waals surface area contributed by atoms with Gasteiger partial charge in [-0.3, -0.25) is 14.5 Å². The average Bonchev–Trinajstić information content (AvgIpc) is 3.67. The Kier molecular flexibility index (Phi) is 8.47. The van der Waals surface area contributed by atoms with E-state index in [1.165, 1.54) is 12.1 Å². The van der Waals surface area contributed by atoms with Crippen molar-refractivity contribution < 1.29 is 36.8 Å². The number of nitrogens with zero attached hydrogens (tertiary/aromatic N) is 4. The van der Waals surface area contributed by atoms with Crippen LogP contribution in [0.4, 0.5) is 13.2 Å². The van der Waals surface area contributed by atoms with Crippen molar-refractivity contribution >= 4 is 11.7 Å². The van der Waals surface area contributed by atoms with Crippen LogP contribution >= 0.6 is 0 Å². The van der Waals surface area contributed by atoms with Gasteiger partial charge in [-0.15, -0.1) is 13.2 Å². The number of morpholine rings is 1. The number of hydrogen-bond acceptors (Lipinski definition) is 8. The van der Waals surface area contributed by atoms with Crippen LogP contribution in [0, 0.1) is 12.8 Å². The maximum absolute atomic E-state index is 13.4. The Hall–Kier alpha value is -3.77. The van der Waals surface area contributed by atoms with Gasteiger partial charge in [0.25, 0.3) is 0 Å². The number of alkyl halides is 3. The molecular formula is C33H37F3N4O5. The van der Waals surface area contributed by atoms with Crippen molar-refractivity contribution in [2.75, 3.05) is 32.8 Å². The summed E-state index contributed by atoms with van der Waals surface area (Å²) in [7, 11) is 0. The zero-order valence-corrected chi connectivity index (χ0v) is 25.7. The Morgan fingerprint density at radius 2 is 1.96 bits per heavy atom. The number of amides is 1. The average molecular weight is 627 g/mol. The van der Waals surface area contributed by atoms with Crippen LogP contribution in [-0.4, -0.2) is 76.4 Å². The van der Waals surface area contributed by atoms with E-state index in [2.05, 4.69) is 19.8 Å². The van der Waals surface area contributed by atoms with Crippen molar-refractivity contribution in [1.29, 1.82) is 0 Å². The fourth-order valence-electron chi connectivity index (χ4n) is 6.63. The summed E-state index contributed by atoms with van der Waals surface area (Å²) < 4.78 is 53.9. The number of aryl methyl sites for hydroxylation is 2. The van der Waals surface area contributed by atoms with Crippen LogP contribution < -0.4 is 4.74 Å². The monoisotopic (exact) mass is 626 g/mol. The predicted molar refractivity (Wildman–Crippen MR) is 157 cm³/mol. The van der Waals surface area contributed by atoms with Gasteiger partial charge in [0.1, 0.15) is 11.5 Å². The Bertz CT molecular complexity index is 1590. The predicted octanol–water partition coefficient (Wildman–Crippen LogP) is 5.24. The fraction of sp³-hybridized carbons (Fsp3) is 0.515. The maximum atomic E-state index is 13.4. The molecule has 0 bridgehead atoms. The van der Waals surface area contributed by atoms with E-state index in [4.69, 9.17) is 9.26 Å². The molecule has 0 spiro atoms. The summed E-state index contributed by atoms with van der Waals surface area (Å²) in [5.74, 6) is 0.777. The Morgan fingerprint density at radius 1 is 1.13 bits per heavy atom. The molecule has 2 aromatic carbocycles. The number of Topliss-reactive ketones (excluding diaryl/α,β-unsaturated/α-hetero) is 1. The lowest BCUT2D eigenvalue weighted by molar-refractivity contribution is -0.274. The summed E-state index contributed by atoms with van der Waals surface area (Å²) in [6, 6.07) is 9.87. The van der Waals surface area contributed by atoms with Gasteiger partial charge < -0.3 is 18.9 Å². The second-order valence-corrected chi connectivity index (χ2v) is 12.8. The van der Waals surface area contributed by atoms with Crippen molar-refractivity contribution in [1.82, 2.24) is 19.9 Å². The fourth-order valence-corrected chi connectivity index (χ4v) is 6.63. The number of rotatable bonds is 9. The maximum Gasteiger partial charge on any atom is 0.573 e. The van der Waals surface area contributed by atoms with Crippen LogP contribution in [0.1, 0.15) is 61.0 Å². The minimum absolute atomic E-state index is 0.0349. The standard InChI is InChI=1S/C33H37F3N4O5/c1-20-37-31(45-38-20)27-16-26(27)29(41)10-8-21-7-9-24(22-5-4-6-23(15-22)44-33(34,35)36)25-11-12-39(17-28(21)25)18-30(42)40-13-14-43-19-32(40,2)3/h4-7,9,15,26-27H,8,10-14,16-19H2,1-3H3/t26?,27-/m1/s1. The highest BCUT2D eigenvalue weighted by Gasteiger charge is 2.47. The van der Waals surface area contributed by atoms with Gasteiger partial charge in [-0.25, -0.2) is 0 Å². The lowest BCUT2D eigenvalue weighted by atomic mass is 9.86. The number of ketones is 1. The first-order valence-corrected chi connectivity index (χ1v) is 15.3. The highest BCUT2D eigenvalue weighted by atomic mass is 19.4. The molecule has 9 nitrogen and oxygen atoms in total. The van der Waals surface area contributed by atoms with Crippen LogP contribution in [0.3, 0.4) is 0 Å². The summed E-state index contributed by atoms with van der Waals surface area (Å²) in [6.07, 6.45) is -2.63. The number of fused-ring (bicyclic) bond motifs is 1. The van der Waals surface area contributed by atoms with Crippen LogP contribution in [0.25, 0.3) is 11.1 Å². The molecule has 45 heavy (non-hydrogen) atoms. The molecular weight excluding hydrogens is 589 g/mol. The Balaban J connectivity index is 1.23. The third-order valence-corrected chi connectivity index (χ3v) is 8.98. The second-order valence-electron chi connectivity index (χ2n) is 12.8. The molecule has 1 amide bonds. The largest absolute Gasteiger partial charge is 0.573 e. The van der Waals surface area contributed by atoms with E-state index < -0.39 is 11.9 Å². The lowest BCUT2D eigenvalue weighted by Gasteiger charge is -2.43. The number of carbonyl (C=O) groups is 2. The smallest absolute Gasteiger partial charge is 0.406 e. The number of halogens is 3. The van der Waals surface area contributed by atoms with Gasteiger partial charge >= 0.3 is 6.36 Å². The highest BCUT2D eigenvalue weighted by molar-refractivity contribution is 5.85. The molecule has 2 fully saturated rings. The molecule has 6 rings (SSSR count).